The highest BCUT2D eigenvalue weighted by Gasteiger charge is 2.28. The Bertz CT molecular complexity index is 182. The highest BCUT2D eigenvalue weighted by molar-refractivity contribution is 4.81. The maximum absolute atomic E-state index is 5.73. The first-order valence-electron chi connectivity index (χ1n) is 6.20. The van der Waals surface area contributed by atoms with Crippen LogP contribution in [-0.2, 0) is 9.47 Å². The molecule has 0 aliphatic heterocycles. The number of methoxy groups -OCH3 is 2. The lowest BCUT2D eigenvalue weighted by Gasteiger charge is -2.23. The van der Waals surface area contributed by atoms with E-state index in [4.69, 9.17) is 15.2 Å². The Morgan fingerprint density at radius 3 is 2.38 bits per heavy atom. The third-order valence-electron chi connectivity index (χ3n) is 3.44. The van der Waals surface area contributed by atoms with Gasteiger partial charge in [-0.15, -0.1) is 0 Å². The van der Waals surface area contributed by atoms with Crippen molar-refractivity contribution in [3.8, 4) is 0 Å². The predicted octanol–water partition coefficient (Wildman–Crippen LogP) is 0.958. The van der Waals surface area contributed by atoms with Crippen molar-refractivity contribution in [2.75, 3.05) is 27.3 Å². The van der Waals surface area contributed by atoms with E-state index in [1.165, 1.54) is 12.8 Å². The van der Waals surface area contributed by atoms with Gasteiger partial charge >= 0.3 is 0 Å². The van der Waals surface area contributed by atoms with E-state index in [2.05, 4.69) is 12.2 Å². The number of ether oxygens (including phenoxy) is 2. The van der Waals surface area contributed by atoms with Crippen molar-refractivity contribution in [2.45, 2.75) is 38.5 Å². The molecule has 1 saturated carbocycles. The molecule has 2 atom stereocenters. The molecule has 0 radical (unpaired) electrons. The molecule has 16 heavy (non-hydrogen) atoms. The fourth-order valence-corrected chi connectivity index (χ4v) is 1.97. The first-order valence-corrected chi connectivity index (χ1v) is 6.20. The van der Waals surface area contributed by atoms with Gasteiger partial charge in [-0.05, 0) is 31.2 Å². The van der Waals surface area contributed by atoms with Crippen molar-refractivity contribution in [3.63, 3.8) is 0 Å². The minimum atomic E-state index is -0.155. The van der Waals surface area contributed by atoms with Crippen LogP contribution < -0.4 is 11.1 Å². The van der Waals surface area contributed by atoms with Gasteiger partial charge in [0.1, 0.15) is 0 Å². The topological polar surface area (TPSA) is 56.5 Å². The van der Waals surface area contributed by atoms with Crippen molar-refractivity contribution in [3.05, 3.63) is 0 Å². The zero-order valence-electron chi connectivity index (χ0n) is 10.7. The second-order valence-electron chi connectivity index (χ2n) is 4.79. The Labute approximate surface area is 98.9 Å². The smallest absolute Gasteiger partial charge is 0.158 e. The molecular weight excluding hydrogens is 204 g/mol. The van der Waals surface area contributed by atoms with E-state index in [1.807, 2.05) is 0 Å². The van der Waals surface area contributed by atoms with Gasteiger partial charge in [0.2, 0.25) is 0 Å². The van der Waals surface area contributed by atoms with E-state index in [1.54, 1.807) is 14.2 Å². The fraction of sp³-hybridized carbons (Fsp3) is 1.00. The van der Waals surface area contributed by atoms with Crippen LogP contribution in [0.15, 0.2) is 0 Å². The quantitative estimate of drug-likeness (QED) is 0.579. The molecule has 0 saturated heterocycles. The Morgan fingerprint density at radius 2 is 1.94 bits per heavy atom. The Kier molecular flexibility index (Phi) is 6.28. The minimum absolute atomic E-state index is 0.155. The molecule has 1 aliphatic carbocycles. The maximum atomic E-state index is 5.73. The summed E-state index contributed by atoms with van der Waals surface area (Å²) in [6.07, 6.45) is 3.45. The minimum Gasteiger partial charge on any atom is -0.356 e. The van der Waals surface area contributed by atoms with Crippen molar-refractivity contribution < 1.29 is 9.47 Å². The van der Waals surface area contributed by atoms with Crippen LogP contribution in [0.2, 0.25) is 0 Å². The summed E-state index contributed by atoms with van der Waals surface area (Å²) in [6.45, 7) is 3.98. The molecule has 4 nitrogen and oxygen atoms in total. The average Bonchev–Trinajstić information content (AvgIpc) is 3.13. The van der Waals surface area contributed by atoms with Gasteiger partial charge in [-0.2, -0.15) is 0 Å². The summed E-state index contributed by atoms with van der Waals surface area (Å²) in [5.41, 5.74) is 5.73. The van der Waals surface area contributed by atoms with E-state index in [0.29, 0.717) is 6.54 Å². The van der Waals surface area contributed by atoms with E-state index < -0.39 is 0 Å². The molecule has 0 aromatic heterocycles. The SMILES string of the molecule is COC(CC(CN)NCC(C)C1CC1)OC. The lowest BCUT2D eigenvalue weighted by Crippen LogP contribution is -2.41. The number of hydrogen-bond acceptors (Lipinski definition) is 4. The molecule has 0 amide bonds. The van der Waals surface area contributed by atoms with Crippen LogP contribution >= 0.6 is 0 Å². The summed E-state index contributed by atoms with van der Waals surface area (Å²) in [4.78, 5) is 0. The van der Waals surface area contributed by atoms with Crippen molar-refractivity contribution >= 4 is 0 Å². The van der Waals surface area contributed by atoms with Gasteiger partial charge in [0.05, 0.1) is 0 Å². The summed E-state index contributed by atoms with van der Waals surface area (Å²) >= 11 is 0. The molecule has 0 spiro atoms. The summed E-state index contributed by atoms with van der Waals surface area (Å²) in [5, 5.41) is 3.50. The van der Waals surface area contributed by atoms with Gasteiger partial charge in [-0.25, -0.2) is 0 Å². The zero-order valence-corrected chi connectivity index (χ0v) is 10.7. The third-order valence-corrected chi connectivity index (χ3v) is 3.44. The van der Waals surface area contributed by atoms with Gasteiger partial charge in [0.15, 0.2) is 6.29 Å². The van der Waals surface area contributed by atoms with E-state index >= 15 is 0 Å². The normalized spacial score (nSPS) is 20.1. The van der Waals surface area contributed by atoms with Crippen LogP contribution in [0, 0.1) is 11.8 Å². The lowest BCUT2D eigenvalue weighted by molar-refractivity contribution is -0.110. The second-order valence-corrected chi connectivity index (χ2v) is 4.79. The second kappa shape index (κ2) is 7.22. The monoisotopic (exact) mass is 230 g/mol. The van der Waals surface area contributed by atoms with Gasteiger partial charge in [0, 0.05) is 33.2 Å². The number of nitrogens with one attached hydrogen (secondary N) is 1. The molecule has 96 valence electrons. The van der Waals surface area contributed by atoms with E-state index in [9.17, 15) is 0 Å². The van der Waals surface area contributed by atoms with Gasteiger partial charge in [0.25, 0.3) is 0 Å². The molecular formula is C12H26N2O2. The molecule has 1 aliphatic rings. The summed E-state index contributed by atoms with van der Waals surface area (Å²) in [7, 11) is 3.32. The highest BCUT2D eigenvalue weighted by Crippen LogP contribution is 2.36. The van der Waals surface area contributed by atoms with Crippen molar-refractivity contribution in [2.24, 2.45) is 17.6 Å². The summed E-state index contributed by atoms with van der Waals surface area (Å²) in [6, 6.07) is 0.283. The fourth-order valence-electron chi connectivity index (χ4n) is 1.97. The Morgan fingerprint density at radius 1 is 1.31 bits per heavy atom. The van der Waals surface area contributed by atoms with Crippen molar-refractivity contribution in [1.29, 1.82) is 0 Å². The number of nitrogens with two attached hydrogens (primary N) is 1. The third kappa shape index (κ3) is 4.78. The van der Waals surface area contributed by atoms with Gasteiger partial charge in [-0.3, -0.25) is 0 Å². The van der Waals surface area contributed by atoms with Gasteiger partial charge in [-0.1, -0.05) is 6.92 Å². The number of rotatable bonds is 9. The molecule has 2 unspecified atom stereocenters. The molecule has 1 fully saturated rings. The van der Waals surface area contributed by atoms with Gasteiger partial charge < -0.3 is 20.5 Å². The Balaban J connectivity index is 2.19. The van der Waals surface area contributed by atoms with Crippen LogP contribution in [0.1, 0.15) is 26.2 Å². The molecule has 0 aromatic rings. The molecule has 4 heteroatoms. The molecule has 0 aromatic carbocycles. The standard InChI is InChI=1S/C12H26N2O2/c1-9(10-4-5-10)8-14-11(7-13)6-12(15-2)16-3/h9-12,14H,4-8,13H2,1-3H3. The van der Waals surface area contributed by atoms with Crippen LogP contribution in [-0.4, -0.2) is 39.6 Å². The molecule has 0 bridgehead atoms. The van der Waals surface area contributed by atoms with E-state index in [-0.39, 0.29) is 12.3 Å². The largest absolute Gasteiger partial charge is 0.356 e. The van der Waals surface area contributed by atoms with Crippen LogP contribution in [0.4, 0.5) is 0 Å². The van der Waals surface area contributed by atoms with Crippen molar-refractivity contribution in [1.82, 2.24) is 5.32 Å². The Hall–Kier alpha value is -0.160. The molecule has 1 rings (SSSR count). The van der Waals surface area contributed by atoms with E-state index in [0.717, 1.165) is 24.8 Å². The number of hydrogen-bond donors (Lipinski definition) is 2. The lowest BCUT2D eigenvalue weighted by atomic mass is 10.1. The molecule has 3 N–H and O–H groups in total. The maximum Gasteiger partial charge on any atom is 0.158 e. The summed E-state index contributed by atoms with van der Waals surface area (Å²) < 4.78 is 10.4. The summed E-state index contributed by atoms with van der Waals surface area (Å²) in [5.74, 6) is 1.70. The zero-order chi connectivity index (χ0) is 12.0. The predicted molar refractivity (Wildman–Crippen MR) is 65.2 cm³/mol. The van der Waals surface area contributed by atoms with Crippen LogP contribution in [0.3, 0.4) is 0 Å². The average molecular weight is 230 g/mol. The van der Waals surface area contributed by atoms with Crippen LogP contribution in [0.5, 0.6) is 0 Å². The highest BCUT2D eigenvalue weighted by atomic mass is 16.7. The first kappa shape index (κ1) is 13.9. The first-order chi connectivity index (χ1) is 7.71. The van der Waals surface area contributed by atoms with Crippen LogP contribution in [0.25, 0.3) is 0 Å². The molecule has 0 heterocycles.